The van der Waals surface area contributed by atoms with Gasteiger partial charge in [0, 0.05) is 17.3 Å². The minimum absolute atomic E-state index is 0.770. The number of fused-ring (bicyclic) bond motifs is 1. The number of aromatic nitrogens is 1. The highest BCUT2D eigenvalue weighted by atomic mass is 14.7. The third kappa shape index (κ3) is 3.77. The van der Waals surface area contributed by atoms with Crippen molar-refractivity contribution in [3.8, 4) is 0 Å². The smallest absolute Gasteiger partial charge is 0.0481 e. The quantitative estimate of drug-likeness (QED) is 0.764. The van der Waals surface area contributed by atoms with Gasteiger partial charge >= 0.3 is 0 Å². The zero-order valence-electron chi connectivity index (χ0n) is 11.9. The molecule has 2 N–H and O–H groups in total. The summed E-state index contributed by atoms with van der Waals surface area (Å²) in [7, 11) is 0. The predicted octanol–water partition coefficient (Wildman–Crippen LogP) is 3.86. The number of unbranched alkanes of at least 4 members (excludes halogenated alkanes) is 2. The van der Waals surface area contributed by atoms with E-state index in [9.17, 15) is 0 Å². The molecule has 0 atom stereocenters. The maximum atomic E-state index is 5.56. The van der Waals surface area contributed by atoms with Crippen molar-refractivity contribution in [1.82, 2.24) is 4.98 Å². The lowest BCUT2D eigenvalue weighted by atomic mass is 10.0. The van der Waals surface area contributed by atoms with Gasteiger partial charge in [-0.25, -0.2) is 0 Å². The summed E-state index contributed by atoms with van der Waals surface area (Å²) in [6, 6.07) is 8.91. The minimum atomic E-state index is 0.770. The normalized spacial score (nSPS) is 11.1. The van der Waals surface area contributed by atoms with Crippen LogP contribution in [0.25, 0.3) is 10.8 Å². The molecule has 19 heavy (non-hydrogen) atoms. The van der Waals surface area contributed by atoms with Crippen LogP contribution in [0.15, 0.2) is 30.5 Å². The topological polar surface area (TPSA) is 38.9 Å². The molecule has 2 rings (SSSR count). The Labute approximate surface area is 116 Å². The molecule has 0 radical (unpaired) electrons. The number of hydrogen-bond acceptors (Lipinski definition) is 2. The number of nitrogens with two attached hydrogens (primary N) is 1. The van der Waals surface area contributed by atoms with Crippen LogP contribution in [0.1, 0.15) is 43.9 Å². The largest absolute Gasteiger partial charge is 0.330 e. The second-order valence-corrected chi connectivity index (χ2v) is 5.16. The van der Waals surface area contributed by atoms with E-state index in [2.05, 4.69) is 36.2 Å². The molecule has 0 saturated carbocycles. The Morgan fingerprint density at radius 1 is 1.05 bits per heavy atom. The molecule has 0 unspecified atom stereocenters. The fraction of sp³-hybridized carbons (Fsp3) is 0.471. The third-order valence-corrected chi connectivity index (χ3v) is 3.60. The molecule has 0 aliphatic rings. The van der Waals surface area contributed by atoms with Gasteiger partial charge in [-0.3, -0.25) is 4.98 Å². The maximum Gasteiger partial charge on any atom is 0.0481 e. The highest BCUT2D eigenvalue weighted by Crippen LogP contribution is 2.21. The molecule has 0 saturated heterocycles. The van der Waals surface area contributed by atoms with Gasteiger partial charge in [0.1, 0.15) is 0 Å². The molecule has 0 amide bonds. The molecule has 2 aromatic rings. The summed E-state index contributed by atoms with van der Waals surface area (Å²) in [5.74, 6) is 0. The summed E-state index contributed by atoms with van der Waals surface area (Å²) in [4.78, 5) is 4.56. The lowest BCUT2D eigenvalue weighted by Gasteiger charge is -2.08. The molecule has 102 valence electrons. The summed E-state index contributed by atoms with van der Waals surface area (Å²) in [6.07, 6.45) is 8.83. The van der Waals surface area contributed by atoms with Crippen LogP contribution < -0.4 is 5.73 Å². The number of nitrogens with zero attached hydrogens (tertiary/aromatic N) is 1. The van der Waals surface area contributed by atoms with Crippen LogP contribution in [-0.4, -0.2) is 11.5 Å². The van der Waals surface area contributed by atoms with Gasteiger partial charge in [-0.05, 0) is 61.7 Å². The average Bonchev–Trinajstić information content (AvgIpc) is 2.45. The molecular weight excluding hydrogens is 232 g/mol. The van der Waals surface area contributed by atoms with Crippen molar-refractivity contribution in [2.75, 3.05) is 6.54 Å². The van der Waals surface area contributed by atoms with Gasteiger partial charge in [-0.15, -0.1) is 0 Å². The number of pyridine rings is 1. The molecule has 0 bridgehead atoms. The molecule has 2 heteroatoms. The van der Waals surface area contributed by atoms with E-state index >= 15 is 0 Å². The number of rotatable bonds is 7. The van der Waals surface area contributed by atoms with Gasteiger partial charge < -0.3 is 5.73 Å². The summed E-state index contributed by atoms with van der Waals surface area (Å²) < 4.78 is 0. The molecular formula is C17H24N2. The van der Waals surface area contributed by atoms with E-state index in [1.807, 2.05) is 6.20 Å². The van der Waals surface area contributed by atoms with Crippen LogP contribution in [-0.2, 0) is 12.8 Å². The lowest BCUT2D eigenvalue weighted by molar-refractivity contribution is 0.736. The van der Waals surface area contributed by atoms with Crippen LogP contribution >= 0.6 is 0 Å². The van der Waals surface area contributed by atoms with Gasteiger partial charge in [0.05, 0.1) is 0 Å². The molecule has 1 aromatic carbocycles. The van der Waals surface area contributed by atoms with Crippen LogP contribution in [0.4, 0.5) is 0 Å². The Balaban J connectivity index is 2.24. The zero-order valence-corrected chi connectivity index (χ0v) is 11.9. The highest BCUT2D eigenvalue weighted by Gasteiger charge is 2.03. The van der Waals surface area contributed by atoms with E-state index < -0.39 is 0 Å². The summed E-state index contributed by atoms with van der Waals surface area (Å²) in [5, 5.41) is 2.63. The van der Waals surface area contributed by atoms with Crippen molar-refractivity contribution in [1.29, 1.82) is 0 Å². The second-order valence-electron chi connectivity index (χ2n) is 5.16. The Kier molecular flexibility index (Phi) is 5.34. The number of aryl methyl sites for hydroxylation is 2. The lowest BCUT2D eigenvalue weighted by Crippen LogP contribution is -2.00. The first-order chi connectivity index (χ1) is 9.35. The zero-order chi connectivity index (χ0) is 13.5. The molecule has 0 fully saturated rings. The molecule has 0 spiro atoms. The first kappa shape index (κ1) is 14.0. The fourth-order valence-corrected chi connectivity index (χ4v) is 2.45. The third-order valence-electron chi connectivity index (χ3n) is 3.60. The van der Waals surface area contributed by atoms with Crippen molar-refractivity contribution in [3.05, 3.63) is 41.7 Å². The van der Waals surface area contributed by atoms with Gasteiger partial charge in [-0.1, -0.05) is 25.5 Å². The Morgan fingerprint density at radius 3 is 2.74 bits per heavy atom. The van der Waals surface area contributed by atoms with Crippen LogP contribution in [0.5, 0.6) is 0 Å². The van der Waals surface area contributed by atoms with Crippen molar-refractivity contribution in [2.24, 2.45) is 5.73 Å². The standard InChI is InChI=1S/C17H24N2/c1-2-3-6-14-8-9-15-10-12-19-17(16(15)13-14)7-4-5-11-18/h8-10,12-13H,2-7,11,18H2,1H3. The van der Waals surface area contributed by atoms with Crippen LogP contribution in [0, 0.1) is 0 Å². The van der Waals surface area contributed by atoms with E-state index in [0.29, 0.717) is 0 Å². The predicted molar refractivity (Wildman–Crippen MR) is 82.3 cm³/mol. The van der Waals surface area contributed by atoms with Crippen molar-refractivity contribution < 1.29 is 0 Å². The average molecular weight is 256 g/mol. The summed E-state index contributed by atoms with van der Waals surface area (Å²) in [6.45, 7) is 3.01. The molecule has 0 aliphatic heterocycles. The van der Waals surface area contributed by atoms with E-state index in [1.54, 1.807) is 0 Å². The van der Waals surface area contributed by atoms with Crippen LogP contribution in [0.2, 0.25) is 0 Å². The number of benzene rings is 1. The number of hydrogen-bond donors (Lipinski definition) is 1. The first-order valence-electron chi connectivity index (χ1n) is 7.41. The summed E-state index contributed by atoms with van der Waals surface area (Å²) >= 11 is 0. The minimum Gasteiger partial charge on any atom is -0.330 e. The Hall–Kier alpha value is -1.41. The first-order valence-corrected chi connectivity index (χ1v) is 7.41. The van der Waals surface area contributed by atoms with E-state index in [-0.39, 0.29) is 0 Å². The van der Waals surface area contributed by atoms with Crippen molar-refractivity contribution in [2.45, 2.75) is 45.4 Å². The van der Waals surface area contributed by atoms with Gasteiger partial charge in [-0.2, -0.15) is 0 Å². The summed E-state index contributed by atoms with van der Waals surface area (Å²) in [5.41, 5.74) is 8.22. The second kappa shape index (κ2) is 7.25. The Bertz CT molecular complexity index is 520. The highest BCUT2D eigenvalue weighted by molar-refractivity contribution is 5.85. The van der Waals surface area contributed by atoms with Gasteiger partial charge in [0.2, 0.25) is 0 Å². The van der Waals surface area contributed by atoms with Crippen molar-refractivity contribution in [3.63, 3.8) is 0 Å². The molecule has 1 heterocycles. The van der Waals surface area contributed by atoms with Gasteiger partial charge in [0.15, 0.2) is 0 Å². The molecule has 1 aromatic heterocycles. The van der Waals surface area contributed by atoms with E-state index in [0.717, 1.165) is 25.8 Å². The molecule has 2 nitrogen and oxygen atoms in total. The van der Waals surface area contributed by atoms with Crippen molar-refractivity contribution >= 4 is 10.8 Å². The maximum absolute atomic E-state index is 5.56. The monoisotopic (exact) mass is 256 g/mol. The van der Waals surface area contributed by atoms with E-state index in [1.165, 1.54) is 41.3 Å². The molecule has 0 aliphatic carbocycles. The van der Waals surface area contributed by atoms with Gasteiger partial charge in [0.25, 0.3) is 0 Å². The SMILES string of the molecule is CCCCc1ccc2ccnc(CCCCN)c2c1. The Morgan fingerprint density at radius 2 is 1.95 bits per heavy atom. The van der Waals surface area contributed by atoms with E-state index in [4.69, 9.17) is 5.73 Å². The fourth-order valence-electron chi connectivity index (χ4n) is 2.45. The van der Waals surface area contributed by atoms with Crippen LogP contribution in [0.3, 0.4) is 0 Å².